The van der Waals surface area contributed by atoms with Gasteiger partial charge in [-0.2, -0.15) is 5.26 Å². The Morgan fingerprint density at radius 3 is 2.78 bits per heavy atom. The zero-order chi connectivity index (χ0) is 16.7. The standard InChI is InChI=1S/C16H17NO6/c1-19-3-4-23-16(18)12(10-17)7-11-8-13(20-2)15-14(9-11)21-5-6-22-15/h7-9H,3-6H2,1-2H3/b12-7+. The number of esters is 1. The van der Waals surface area contributed by atoms with Gasteiger partial charge in [0.25, 0.3) is 0 Å². The first-order chi connectivity index (χ1) is 11.2. The van der Waals surface area contributed by atoms with Crippen molar-refractivity contribution in [2.45, 2.75) is 0 Å². The van der Waals surface area contributed by atoms with Crippen molar-refractivity contribution in [3.63, 3.8) is 0 Å². The highest BCUT2D eigenvalue weighted by molar-refractivity contribution is 5.98. The third-order valence-corrected chi connectivity index (χ3v) is 3.02. The summed E-state index contributed by atoms with van der Waals surface area (Å²) in [6, 6.07) is 5.17. The number of nitriles is 1. The molecule has 0 bridgehead atoms. The number of carbonyl (C=O) groups is 1. The molecule has 1 aliphatic heterocycles. The van der Waals surface area contributed by atoms with Gasteiger partial charge >= 0.3 is 5.97 Å². The van der Waals surface area contributed by atoms with Gasteiger partial charge in [0.1, 0.15) is 31.5 Å². The van der Waals surface area contributed by atoms with Crippen LogP contribution < -0.4 is 14.2 Å². The number of hydrogen-bond donors (Lipinski definition) is 0. The van der Waals surface area contributed by atoms with Crippen LogP contribution in [0, 0.1) is 11.3 Å². The third-order valence-electron chi connectivity index (χ3n) is 3.02. The number of benzene rings is 1. The van der Waals surface area contributed by atoms with Crippen molar-refractivity contribution >= 4 is 12.0 Å². The second-order valence-electron chi connectivity index (χ2n) is 4.55. The molecule has 0 saturated heterocycles. The summed E-state index contributed by atoms with van der Waals surface area (Å²) in [5, 5.41) is 9.14. The second-order valence-corrected chi connectivity index (χ2v) is 4.55. The van der Waals surface area contributed by atoms with E-state index in [-0.39, 0.29) is 18.8 Å². The van der Waals surface area contributed by atoms with Crippen LogP contribution in [0.15, 0.2) is 17.7 Å². The maximum atomic E-state index is 11.8. The fourth-order valence-electron chi connectivity index (χ4n) is 1.98. The lowest BCUT2D eigenvalue weighted by molar-refractivity contribution is -0.139. The Morgan fingerprint density at radius 1 is 1.30 bits per heavy atom. The summed E-state index contributed by atoms with van der Waals surface area (Å²) in [6.45, 7) is 1.21. The van der Waals surface area contributed by atoms with Crippen molar-refractivity contribution < 1.29 is 28.5 Å². The van der Waals surface area contributed by atoms with Crippen molar-refractivity contribution in [1.82, 2.24) is 0 Å². The Labute approximate surface area is 134 Å². The van der Waals surface area contributed by atoms with Crippen molar-refractivity contribution in [3.05, 3.63) is 23.3 Å². The molecule has 0 amide bonds. The molecule has 0 unspecified atom stereocenters. The maximum absolute atomic E-state index is 11.8. The molecule has 23 heavy (non-hydrogen) atoms. The van der Waals surface area contributed by atoms with Crippen molar-refractivity contribution in [2.24, 2.45) is 0 Å². The lowest BCUT2D eigenvalue weighted by Crippen LogP contribution is -2.16. The highest BCUT2D eigenvalue weighted by Crippen LogP contribution is 2.40. The minimum atomic E-state index is -0.710. The van der Waals surface area contributed by atoms with E-state index in [1.165, 1.54) is 20.3 Å². The van der Waals surface area contributed by atoms with Crippen LogP contribution in [0.3, 0.4) is 0 Å². The number of hydrogen-bond acceptors (Lipinski definition) is 7. The Balaban J connectivity index is 2.26. The Morgan fingerprint density at radius 2 is 2.09 bits per heavy atom. The predicted molar refractivity (Wildman–Crippen MR) is 80.4 cm³/mol. The fraction of sp³-hybridized carbons (Fsp3) is 0.375. The van der Waals surface area contributed by atoms with E-state index in [0.717, 1.165) is 0 Å². The predicted octanol–water partition coefficient (Wildman–Crippen LogP) is 1.56. The summed E-state index contributed by atoms with van der Waals surface area (Å²) in [4.78, 5) is 11.8. The quantitative estimate of drug-likeness (QED) is 0.340. The molecule has 2 rings (SSSR count). The minimum Gasteiger partial charge on any atom is -0.493 e. The zero-order valence-corrected chi connectivity index (χ0v) is 13.0. The van der Waals surface area contributed by atoms with Gasteiger partial charge in [0.05, 0.1) is 13.7 Å². The average Bonchev–Trinajstić information content (AvgIpc) is 2.58. The van der Waals surface area contributed by atoms with Crippen molar-refractivity contribution in [2.75, 3.05) is 40.6 Å². The number of methoxy groups -OCH3 is 2. The molecule has 0 saturated carbocycles. The van der Waals surface area contributed by atoms with Gasteiger partial charge < -0.3 is 23.7 Å². The number of ether oxygens (including phenoxy) is 5. The molecule has 0 spiro atoms. The van der Waals surface area contributed by atoms with E-state index in [0.29, 0.717) is 36.0 Å². The Hall–Kier alpha value is -2.72. The Bertz CT molecular complexity index is 629. The third kappa shape index (κ3) is 4.14. The van der Waals surface area contributed by atoms with Crippen LogP contribution in [0.1, 0.15) is 5.56 Å². The van der Waals surface area contributed by atoms with Crippen molar-refractivity contribution in [3.8, 4) is 23.3 Å². The highest BCUT2D eigenvalue weighted by atomic mass is 16.6. The monoisotopic (exact) mass is 319 g/mol. The normalized spacial score (nSPS) is 13.2. The first-order valence-electron chi connectivity index (χ1n) is 6.95. The molecule has 122 valence electrons. The molecule has 0 atom stereocenters. The molecular formula is C16H17NO6. The summed E-state index contributed by atoms with van der Waals surface area (Å²) in [5.74, 6) is 0.779. The van der Waals surface area contributed by atoms with E-state index in [1.807, 2.05) is 6.07 Å². The van der Waals surface area contributed by atoms with Gasteiger partial charge in [-0.25, -0.2) is 4.79 Å². The van der Waals surface area contributed by atoms with Crippen LogP contribution in [0.2, 0.25) is 0 Å². The molecular weight excluding hydrogens is 302 g/mol. The minimum absolute atomic E-state index is 0.0822. The summed E-state index contributed by atoms with van der Waals surface area (Å²) in [6.07, 6.45) is 1.41. The van der Waals surface area contributed by atoms with Gasteiger partial charge in [-0.15, -0.1) is 0 Å². The number of rotatable bonds is 6. The van der Waals surface area contributed by atoms with E-state index < -0.39 is 5.97 Å². The molecule has 0 N–H and O–H groups in total. The van der Waals surface area contributed by atoms with Crippen LogP contribution in [-0.2, 0) is 14.3 Å². The molecule has 1 aromatic carbocycles. The summed E-state index contributed by atoms with van der Waals surface area (Å²) >= 11 is 0. The molecule has 7 nitrogen and oxygen atoms in total. The first kappa shape index (κ1) is 16.6. The van der Waals surface area contributed by atoms with Gasteiger partial charge in [0.2, 0.25) is 5.75 Å². The maximum Gasteiger partial charge on any atom is 0.348 e. The second kappa shape index (κ2) is 8.06. The Kier molecular flexibility index (Phi) is 5.83. The fourth-order valence-corrected chi connectivity index (χ4v) is 1.98. The van der Waals surface area contributed by atoms with E-state index in [4.69, 9.17) is 28.9 Å². The SMILES string of the molecule is COCCOC(=O)/C(C#N)=C/c1cc(OC)c2c(c1)OCCO2. The molecule has 1 aliphatic rings. The van der Waals surface area contributed by atoms with Crippen LogP contribution >= 0.6 is 0 Å². The highest BCUT2D eigenvalue weighted by Gasteiger charge is 2.19. The van der Waals surface area contributed by atoms with Crippen LogP contribution in [0.25, 0.3) is 6.08 Å². The molecule has 0 aromatic heterocycles. The molecule has 0 radical (unpaired) electrons. The summed E-state index contributed by atoms with van der Waals surface area (Å²) < 4.78 is 26.0. The molecule has 1 aromatic rings. The van der Waals surface area contributed by atoms with Gasteiger partial charge in [0.15, 0.2) is 11.5 Å². The van der Waals surface area contributed by atoms with E-state index in [1.54, 1.807) is 12.1 Å². The van der Waals surface area contributed by atoms with Gasteiger partial charge in [0, 0.05) is 7.11 Å². The zero-order valence-electron chi connectivity index (χ0n) is 13.0. The van der Waals surface area contributed by atoms with E-state index in [9.17, 15) is 4.79 Å². The first-order valence-corrected chi connectivity index (χ1v) is 6.95. The van der Waals surface area contributed by atoms with Gasteiger partial charge in [-0.3, -0.25) is 0 Å². The number of carbonyl (C=O) groups excluding carboxylic acids is 1. The lowest BCUT2D eigenvalue weighted by atomic mass is 10.1. The molecule has 0 fully saturated rings. The summed E-state index contributed by atoms with van der Waals surface area (Å²) in [5.41, 5.74) is 0.450. The van der Waals surface area contributed by atoms with Crippen LogP contribution in [0.5, 0.6) is 17.2 Å². The van der Waals surface area contributed by atoms with Crippen LogP contribution in [-0.4, -0.2) is 46.6 Å². The van der Waals surface area contributed by atoms with Crippen molar-refractivity contribution in [1.29, 1.82) is 5.26 Å². The lowest BCUT2D eigenvalue weighted by Gasteiger charge is -2.21. The van der Waals surface area contributed by atoms with Crippen LogP contribution in [0.4, 0.5) is 0 Å². The van der Waals surface area contributed by atoms with Gasteiger partial charge in [-0.05, 0) is 23.8 Å². The number of nitrogens with zero attached hydrogens (tertiary/aromatic N) is 1. The van der Waals surface area contributed by atoms with Gasteiger partial charge in [-0.1, -0.05) is 0 Å². The summed E-state index contributed by atoms with van der Waals surface area (Å²) in [7, 11) is 3.00. The van der Waals surface area contributed by atoms with E-state index >= 15 is 0 Å². The molecule has 1 heterocycles. The topological polar surface area (TPSA) is 87.0 Å². The number of fused-ring (bicyclic) bond motifs is 1. The molecule has 0 aliphatic carbocycles. The largest absolute Gasteiger partial charge is 0.493 e. The molecule has 7 heteroatoms. The smallest absolute Gasteiger partial charge is 0.348 e. The van der Waals surface area contributed by atoms with E-state index in [2.05, 4.69) is 0 Å². The average molecular weight is 319 g/mol.